The Balaban J connectivity index is 1.57. The predicted octanol–water partition coefficient (Wildman–Crippen LogP) is 11.0. The first kappa shape index (κ1) is 28.9. The van der Waals surface area contributed by atoms with E-state index in [1.165, 1.54) is 43.2 Å². The van der Waals surface area contributed by atoms with Crippen LogP contribution in [-0.2, 0) is 9.84 Å². The molecule has 0 N–H and O–H groups in total. The molecule has 7 rings (SSSR count). The highest BCUT2D eigenvalue weighted by Gasteiger charge is 2.53. The Morgan fingerprint density at radius 1 is 0.756 bits per heavy atom. The summed E-state index contributed by atoms with van der Waals surface area (Å²) in [5.41, 5.74) is 9.07. The number of hydrogen-bond donors (Lipinski definition) is 0. The maximum atomic E-state index is 6.98. The number of fused-ring (bicyclic) bond motifs is 2. The smallest absolute Gasteiger partial charge is 0.360 e. The molecule has 2 nitrogen and oxygen atoms in total. The molecule has 5 aromatic rings. The van der Waals surface area contributed by atoms with Gasteiger partial charge in [0.15, 0.2) is 0 Å². The second kappa shape index (κ2) is 12.3. The van der Waals surface area contributed by atoms with E-state index >= 15 is 0 Å². The molecule has 0 amide bonds. The number of methoxy groups -OCH3 is 1. The maximum absolute atomic E-state index is 6.98. The van der Waals surface area contributed by atoms with Crippen molar-refractivity contribution in [3.63, 3.8) is 0 Å². The van der Waals surface area contributed by atoms with Crippen LogP contribution in [0.5, 0.6) is 11.5 Å². The molecule has 0 fully saturated rings. The highest BCUT2D eigenvalue weighted by atomic mass is 32.2. The zero-order valence-electron chi connectivity index (χ0n) is 25.8. The van der Waals surface area contributed by atoms with Gasteiger partial charge in [-0.25, -0.2) is 4.42 Å². The average Bonchev–Trinajstić information content (AvgIpc) is 3.10. The molecular formula is C42H35O2S+. The number of aryl methyl sites for hydroxylation is 1. The minimum atomic E-state index is -0.548. The number of benzene rings is 5. The summed E-state index contributed by atoms with van der Waals surface area (Å²) in [6.07, 6.45) is 7.55. The molecule has 0 saturated carbocycles. The Labute approximate surface area is 270 Å². The maximum Gasteiger partial charge on any atom is 0.360 e. The molecule has 1 unspecified atom stereocenters. The van der Waals surface area contributed by atoms with Crippen molar-refractivity contribution >= 4 is 39.7 Å². The SMILES string of the molecule is CCC1(c2ccccc2)C(C=Cc2ccc(OC)cc2)=[O+]c2ccc(C)cc2C1=C1C=C(c2ccccc2)Sc2ccccc21. The van der Waals surface area contributed by atoms with Crippen LogP contribution in [0.4, 0.5) is 0 Å². The molecule has 0 radical (unpaired) electrons. The Kier molecular flexibility index (Phi) is 7.87. The van der Waals surface area contributed by atoms with Crippen LogP contribution in [0.15, 0.2) is 144 Å². The van der Waals surface area contributed by atoms with Gasteiger partial charge in [-0.3, -0.25) is 0 Å². The fraction of sp³-hybridized carbons (Fsp3) is 0.119. The van der Waals surface area contributed by atoms with E-state index in [9.17, 15) is 0 Å². The van der Waals surface area contributed by atoms with Gasteiger partial charge in [0.2, 0.25) is 0 Å². The third-order valence-corrected chi connectivity index (χ3v) is 9.96. The van der Waals surface area contributed by atoms with Gasteiger partial charge in [0.05, 0.1) is 12.7 Å². The van der Waals surface area contributed by atoms with E-state index in [-0.39, 0.29) is 0 Å². The summed E-state index contributed by atoms with van der Waals surface area (Å²) in [6.45, 7) is 4.45. The molecule has 0 spiro atoms. The van der Waals surface area contributed by atoms with Crippen molar-refractivity contribution in [1.29, 1.82) is 0 Å². The first-order valence-corrected chi connectivity index (χ1v) is 16.3. The lowest BCUT2D eigenvalue weighted by Gasteiger charge is -2.36. The topological polar surface area (TPSA) is 20.5 Å². The van der Waals surface area contributed by atoms with E-state index in [2.05, 4.69) is 147 Å². The molecule has 1 atom stereocenters. The Hall–Kier alpha value is -4.86. The molecule has 2 aliphatic heterocycles. The molecule has 5 aromatic carbocycles. The van der Waals surface area contributed by atoms with Gasteiger partial charge < -0.3 is 4.74 Å². The van der Waals surface area contributed by atoms with Gasteiger partial charge in [0.1, 0.15) is 11.2 Å². The van der Waals surface area contributed by atoms with Crippen LogP contribution in [0.1, 0.15) is 46.7 Å². The quantitative estimate of drug-likeness (QED) is 0.142. The minimum absolute atomic E-state index is 0.548. The molecule has 2 aliphatic rings. The summed E-state index contributed by atoms with van der Waals surface area (Å²) in [5, 5.41) is 0. The van der Waals surface area contributed by atoms with Crippen LogP contribution in [0, 0.1) is 6.92 Å². The lowest BCUT2D eigenvalue weighted by Crippen LogP contribution is -2.39. The normalized spacial score (nSPS) is 19.0. The van der Waals surface area contributed by atoms with Crippen molar-refractivity contribution in [3.8, 4) is 11.5 Å². The molecule has 0 saturated heterocycles. The lowest BCUT2D eigenvalue weighted by molar-refractivity contribution is -0.370. The molecule has 0 aromatic heterocycles. The first-order valence-electron chi connectivity index (χ1n) is 15.4. The van der Waals surface area contributed by atoms with Crippen molar-refractivity contribution in [2.45, 2.75) is 30.6 Å². The van der Waals surface area contributed by atoms with Gasteiger partial charge in [0.25, 0.3) is 0 Å². The summed E-state index contributed by atoms with van der Waals surface area (Å²) in [6, 6.07) is 45.1. The van der Waals surface area contributed by atoms with Crippen molar-refractivity contribution in [2.24, 2.45) is 0 Å². The van der Waals surface area contributed by atoms with Crippen molar-refractivity contribution in [3.05, 3.63) is 173 Å². The summed E-state index contributed by atoms with van der Waals surface area (Å²) < 4.78 is 12.4. The van der Waals surface area contributed by atoms with E-state index in [0.717, 1.165) is 34.8 Å². The predicted molar refractivity (Wildman–Crippen MR) is 190 cm³/mol. The second-order valence-corrected chi connectivity index (χ2v) is 12.5. The van der Waals surface area contributed by atoms with Crippen LogP contribution < -0.4 is 4.74 Å². The van der Waals surface area contributed by atoms with Gasteiger partial charge >= 0.3 is 11.5 Å². The van der Waals surface area contributed by atoms with E-state index < -0.39 is 5.41 Å². The second-order valence-electron chi connectivity index (χ2n) is 11.5. The summed E-state index contributed by atoms with van der Waals surface area (Å²) in [5.74, 6) is 2.63. The minimum Gasteiger partial charge on any atom is -0.497 e. The zero-order chi connectivity index (χ0) is 30.8. The zero-order valence-corrected chi connectivity index (χ0v) is 26.6. The fourth-order valence-corrected chi connectivity index (χ4v) is 7.68. The Morgan fingerprint density at radius 2 is 1.47 bits per heavy atom. The monoisotopic (exact) mass is 603 g/mol. The van der Waals surface area contributed by atoms with Crippen LogP contribution in [-0.4, -0.2) is 12.9 Å². The molecule has 0 bridgehead atoms. The number of hydrogen-bond acceptors (Lipinski definition) is 2. The largest absolute Gasteiger partial charge is 0.497 e. The van der Waals surface area contributed by atoms with Gasteiger partial charge in [-0.2, -0.15) is 0 Å². The molecule has 45 heavy (non-hydrogen) atoms. The number of thioether (sulfide) groups is 1. The molecule has 3 heteroatoms. The first-order chi connectivity index (χ1) is 22.1. The van der Waals surface area contributed by atoms with Gasteiger partial charge in [-0.15, -0.1) is 0 Å². The van der Waals surface area contributed by atoms with E-state index in [0.29, 0.717) is 0 Å². The highest BCUT2D eigenvalue weighted by molar-refractivity contribution is 8.08. The molecular weight excluding hydrogens is 569 g/mol. The highest BCUT2D eigenvalue weighted by Crippen LogP contribution is 2.55. The van der Waals surface area contributed by atoms with Gasteiger partial charge in [0, 0.05) is 27.5 Å². The Bertz CT molecular complexity index is 1980. The average molecular weight is 604 g/mol. The van der Waals surface area contributed by atoms with Crippen molar-refractivity contribution in [1.82, 2.24) is 0 Å². The number of carbonyl (C=O) groups excluding carboxylic acids is 1. The molecule has 220 valence electrons. The Morgan fingerprint density at radius 3 is 2.20 bits per heavy atom. The lowest BCUT2D eigenvalue weighted by atomic mass is 9.63. The number of allylic oxidation sites excluding steroid dienone is 4. The van der Waals surface area contributed by atoms with Crippen LogP contribution in [0.2, 0.25) is 0 Å². The third kappa shape index (κ3) is 5.28. The summed E-state index contributed by atoms with van der Waals surface area (Å²) in [4.78, 5) is 2.50. The van der Waals surface area contributed by atoms with Crippen LogP contribution in [0.3, 0.4) is 0 Å². The van der Waals surface area contributed by atoms with E-state index in [1.54, 1.807) is 7.11 Å². The molecule has 0 aliphatic carbocycles. The van der Waals surface area contributed by atoms with Crippen LogP contribution >= 0.6 is 11.8 Å². The van der Waals surface area contributed by atoms with Crippen LogP contribution in [0.25, 0.3) is 22.1 Å². The van der Waals surface area contributed by atoms with E-state index in [4.69, 9.17) is 9.16 Å². The molecule has 2 heterocycles. The van der Waals surface area contributed by atoms with E-state index in [1.807, 2.05) is 23.9 Å². The number of ketones is 1. The van der Waals surface area contributed by atoms with Gasteiger partial charge in [-0.05, 0) is 89.2 Å². The fourth-order valence-electron chi connectivity index (χ4n) is 6.58. The summed E-state index contributed by atoms with van der Waals surface area (Å²) >= 11 is 1.84. The van der Waals surface area contributed by atoms with Crippen molar-refractivity contribution in [2.75, 3.05) is 7.11 Å². The number of rotatable bonds is 6. The van der Waals surface area contributed by atoms with Gasteiger partial charge in [-0.1, -0.05) is 110 Å². The summed E-state index contributed by atoms with van der Waals surface area (Å²) in [7, 11) is 1.69. The third-order valence-electron chi connectivity index (χ3n) is 8.81. The number of ether oxygens (including phenoxy) is 1. The standard InChI is InChI=1S/C42H35O2S/c1-4-42(32-15-9-6-10-16-32)40(26-22-30-20-23-33(43-3)24-21-30)44-37-25-19-29(2)27-36(37)41(42)35-28-39(31-13-7-5-8-14-31)45-38-18-12-11-17-34(35)38/h5-28H,4H2,1-3H3/q+1. The van der Waals surface area contributed by atoms with Crippen molar-refractivity contribution < 1.29 is 9.16 Å².